The molecule has 6 nitrogen and oxygen atoms in total. The van der Waals surface area contributed by atoms with Crippen LogP contribution in [0.15, 0.2) is 4.99 Å². The highest BCUT2D eigenvalue weighted by Gasteiger charge is 2.14. The minimum atomic E-state index is 0.581. The van der Waals surface area contributed by atoms with Crippen LogP contribution in [0.2, 0.25) is 0 Å². The summed E-state index contributed by atoms with van der Waals surface area (Å²) in [7, 11) is 2.03. The van der Waals surface area contributed by atoms with Crippen LogP contribution in [0, 0.1) is 0 Å². The van der Waals surface area contributed by atoms with Gasteiger partial charge in [-0.25, -0.2) is 4.99 Å². The van der Waals surface area contributed by atoms with Crippen LogP contribution in [0.25, 0.3) is 0 Å². The number of aryl methyl sites for hydroxylation is 2. The van der Waals surface area contributed by atoms with E-state index in [2.05, 4.69) is 69.1 Å². The summed E-state index contributed by atoms with van der Waals surface area (Å²) in [6, 6.07) is 1.16. The number of hydrogen-bond donors (Lipinski definition) is 2. The first kappa shape index (κ1) is 23.5. The molecule has 156 valence electrons. The van der Waals surface area contributed by atoms with Crippen LogP contribution in [0.4, 0.5) is 0 Å². The van der Waals surface area contributed by atoms with Gasteiger partial charge in [-0.3, -0.25) is 9.58 Å². The standard InChI is InChI=1S/C21H42N6/c1-9-19-18(20(10-2)26(8)25-19)15-24-21(22-11-3)23-13-12-14-27(16(4)5)17(6)7/h16-17H,9-15H2,1-8H3,(H2,22,23,24). The molecule has 1 aromatic heterocycles. The molecule has 0 spiro atoms. The molecule has 1 aromatic rings. The van der Waals surface area contributed by atoms with E-state index < -0.39 is 0 Å². The van der Waals surface area contributed by atoms with Crippen molar-refractivity contribution in [3.05, 3.63) is 17.0 Å². The third kappa shape index (κ3) is 7.17. The van der Waals surface area contributed by atoms with Crippen molar-refractivity contribution in [3.63, 3.8) is 0 Å². The van der Waals surface area contributed by atoms with Crippen molar-refractivity contribution in [1.82, 2.24) is 25.3 Å². The maximum Gasteiger partial charge on any atom is 0.191 e. The molecule has 1 heterocycles. The first-order chi connectivity index (χ1) is 12.8. The quantitative estimate of drug-likeness (QED) is 0.353. The molecule has 2 N–H and O–H groups in total. The molecule has 0 fully saturated rings. The van der Waals surface area contributed by atoms with Crippen LogP contribution in [0.5, 0.6) is 0 Å². The number of aromatic nitrogens is 2. The van der Waals surface area contributed by atoms with Crippen molar-refractivity contribution in [2.45, 2.75) is 86.4 Å². The third-order valence-electron chi connectivity index (χ3n) is 4.98. The number of hydrogen-bond acceptors (Lipinski definition) is 3. The number of guanidine groups is 1. The lowest BCUT2D eigenvalue weighted by molar-refractivity contribution is 0.173. The topological polar surface area (TPSA) is 57.5 Å². The lowest BCUT2D eigenvalue weighted by Gasteiger charge is -2.30. The largest absolute Gasteiger partial charge is 0.357 e. The van der Waals surface area contributed by atoms with Crippen LogP contribution in [0.3, 0.4) is 0 Å². The van der Waals surface area contributed by atoms with E-state index in [-0.39, 0.29) is 0 Å². The number of nitrogens with zero attached hydrogens (tertiary/aromatic N) is 4. The molecule has 0 bridgehead atoms. The van der Waals surface area contributed by atoms with Gasteiger partial charge in [-0.15, -0.1) is 0 Å². The van der Waals surface area contributed by atoms with E-state index in [0.29, 0.717) is 18.6 Å². The zero-order valence-electron chi connectivity index (χ0n) is 18.9. The molecule has 0 saturated heterocycles. The van der Waals surface area contributed by atoms with E-state index >= 15 is 0 Å². The Morgan fingerprint density at radius 2 is 1.74 bits per heavy atom. The molecule has 0 aliphatic carbocycles. The predicted molar refractivity (Wildman–Crippen MR) is 116 cm³/mol. The minimum absolute atomic E-state index is 0.581. The maximum absolute atomic E-state index is 4.83. The Kier molecular flexibility index (Phi) is 10.4. The van der Waals surface area contributed by atoms with Crippen molar-refractivity contribution in [1.29, 1.82) is 0 Å². The average molecular weight is 379 g/mol. The minimum Gasteiger partial charge on any atom is -0.357 e. The van der Waals surface area contributed by atoms with Gasteiger partial charge in [0.25, 0.3) is 0 Å². The molecule has 0 aliphatic heterocycles. The zero-order chi connectivity index (χ0) is 20.4. The summed E-state index contributed by atoms with van der Waals surface area (Å²) in [5, 5.41) is 11.5. The van der Waals surface area contributed by atoms with Crippen LogP contribution < -0.4 is 10.6 Å². The predicted octanol–water partition coefficient (Wildman–Crippen LogP) is 3.11. The Hall–Kier alpha value is -1.56. The summed E-state index contributed by atoms with van der Waals surface area (Å²) in [6.45, 7) is 19.1. The SMILES string of the molecule is CCNC(=NCc1c(CC)nn(C)c1CC)NCCCN(C(C)C)C(C)C. The second kappa shape index (κ2) is 12.0. The smallest absolute Gasteiger partial charge is 0.191 e. The average Bonchev–Trinajstić information content (AvgIpc) is 2.93. The van der Waals surface area contributed by atoms with Crippen molar-refractivity contribution in [2.75, 3.05) is 19.6 Å². The summed E-state index contributed by atoms with van der Waals surface area (Å²) in [5.74, 6) is 0.895. The summed E-state index contributed by atoms with van der Waals surface area (Å²) < 4.78 is 2.01. The summed E-state index contributed by atoms with van der Waals surface area (Å²) >= 11 is 0. The molecule has 0 aromatic carbocycles. The molecular formula is C21H42N6. The Labute approximate surface area is 166 Å². The van der Waals surface area contributed by atoms with Crippen molar-refractivity contribution in [2.24, 2.45) is 12.0 Å². The third-order valence-corrected chi connectivity index (χ3v) is 4.98. The number of nitrogens with one attached hydrogen (secondary N) is 2. The van der Waals surface area contributed by atoms with Gasteiger partial charge in [-0.1, -0.05) is 13.8 Å². The van der Waals surface area contributed by atoms with Gasteiger partial charge in [-0.05, 0) is 53.9 Å². The van der Waals surface area contributed by atoms with Crippen molar-refractivity contribution < 1.29 is 0 Å². The second-order valence-corrected chi connectivity index (χ2v) is 7.60. The van der Waals surface area contributed by atoms with Crippen LogP contribution >= 0.6 is 0 Å². The zero-order valence-corrected chi connectivity index (χ0v) is 18.9. The molecule has 6 heteroatoms. The van der Waals surface area contributed by atoms with Crippen molar-refractivity contribution in [3.8, 4) is 0 Å². The maximum atomic E-state index is 4.83. The highest BCUT2D eigenvalue weighted by molar-refractivity contribution is 5.79. The molecular weight excluding hydrogens is 336 g/mol. The second-order valence-electron chi connectivity index (χ2n) is 7.60. The van der Waals surface area contributed by atoms with Crippen LogP contribution in [-0.4, -0.2) is 52.4 Å². The lowest BCUT2D eigenvalue weighted by Crippen LogP contribution is -2.41. The normalized spacial score (nSPS) is 12.5. The molecule has 0 unspecified atom stereocenters. The van der Waals surface area contributed by atoms with Gasteiger partial charge in [0, 0.05) is 50.0 Å². The fourth-order valence-corrected chi connectivity index (χ4v) is 3.65. The summed E-state index contributed by atoms with van der Waals surface area (Å²) in [4.78, 5) is 7.36. The van der Waals surface area contributed by atoms with Gasteiger partial charge in [0.1, 0.15) is 0 Å². The van der Waals surface area contributed by atoms with Crippen molar-refractivity contribution >= 4 is 5.96 Å². The van der Waals surface area contributed by atoms with Crippen LogP contribution in [-0.2, 0) is 26.4 Å². The first-order valence-corrected chi connectivity index (χ1v) is 10.7. The first-order valence-electron chi connectivity index (χ1n) is 10.7. The molecule has 0 saturated carbocycles. The van der Waals surface area contributed by atoms with Gasteiger partial charge in [0.2, 0.25) is 0 Å². The highest BCUT2D eigenvalue weighted by Crippen LogP contribution is 2.16. The van der Waals surface area contributed by atoms with E-state index in [0.717, 1.165) is 44.9 Å². The van der Waals surface area contributed by atoms with Gasteiger partial charge >= 0.3 is 0 Å². The van der Waals surface area contributed by atoms with Gasteiger partial charge in [-0.2, -0.15) is 5.10 Å². The molecule has 0 atom stereocenters. The molecule has 0 amide bonds. The summed E-state index contributed by atoms with van der Waals surface area (Å²) in [6.07, 6.45) is 3.04. The summed E-state index contributed by atoms with van der Waals surface area (Å²) in [5.41, 5.74) is 3.74. The lowest BCUT2D eigenvalue weighted by atomic mass is 10.1. The Morgan fingerprint density at radius 3 is 2.26 bits per heavy atom. The molecule has 1 rings (SSSR count). The molecule has 27 heavy (non-hydrogen) atoms. The Bertz CT molecular complexity index is 565. The van der Waals surface area contributed by atoms with E-state index in [1.165, 1.54) is 17.0 Å². The fourth-order valence-electron chi connectivity index (χ4n) is 3.65. The van der Waals surface area contributed by atoms with Crippen LogP contribution in [0.1, 0.15) is 71.8 Å². The Morgan fingerprint density at radius 1 is 1.07 bits per heavy atom. The fraction of sp³-hybridized carbons (Fsp3) is 0.810. The number of rotatable bonds is 11. The van der Waals surface area contributed by atoms with Gasteiger partial charge in [0.05, 0.1) is 12.2 Å². The molecule has 0 radical (unpaired) electrons. The van der Waals surface area contributed by atoms with E-state index in [1.807, 2.05) is 11.7 Å². The van der Waals surface area contributed by atoms with Gasteiger partial charge < -0.3 is 10.6 Å². The highest BCUT2D eigenvalue weighted by atomic mass is 15.3. The van der Waals surface area contributed by atoms with E-state index in [1.54, 1.807) is 0 Å². The van der Waals surface area contributed by atoms with E-state index in [9.17, 15) is 0 Å². The molecule has 0 aliphatic rings. The number of aliphatic imine (C=N–C) groups is 1. The van der Waals surface area contributed by atoms with Gasteiger partial charge in [0.15, 0.2) is 5.96 Å². The monoisotopic (exact) mass is 378 g/mol. The Balaban J connectivity index is 2.68. The van der Waals surface area contributed by atoms with E-state index in [4.69, 9.17) is 4.99 Å².